The third-order valence-corrected chi connectivity index (χ3v) is 4.37. The standard InChI is InChI=1S/C20H27NO3/c1-14-10-11-15(2)18(12-14)24-13-16-8-6-5-7-9-17(16)19(23-4)20(22)21-3/h5-8,10,12,15,19H,9,11,13H2,1-4H3,(H,21,22). The average Bonchev–Trinajstić information content (AvgIpc) is 2.82. The van der Waals surface area contributed by atoms with Gasteiger partial charge in [-0.3, -0.25) is 4.79 Å². The van der Waals surface area contributed by atoms with Crippen LogP contribution in [0.3, 0.4) is 0 Å². The first-order chi connectivity index (χ1) is 11.6. The normalized spacial score (nSPS) is 21.8. The van der Waals surface area contributed by atoms with Crippen molar-refractivity contribution in [3.8, 4) is 0 Å². The summed E-state index contributed by atoms with van der Waals surface area (Å²) in [7, 11) is 3.18. The summed E-state index contributed by atoms with van der Waals surface area (Å²) in [6.45, 7) is 4.69. The van der Waals surface area contributed by atoms with Crippen LogP contribution in [-0.4, -0.2) is 32.8 Å². The Hall–Kier alpha value is -2.07. The zero-order valence-electron chi connectivity index (χ0n) is 15.0. The van der Waals surface area contributed by atoms with Crippen molar-refractivity contribution in [2.75, 3.05) is 20.8 Å². The molecule has 0 aromatic carbocycles. The van der Waals surface area contributed by atoms with Gasteiger partial charge >= 0.3 is 0 Å². The maximum Gasteiger partial charge on any atom is 0.253 e. The van der Waals surface area contributed by atoms with E-state index in [-0.39, 0.29) is 5.91 Å². The van der Waals surface area contributed by atoms with E-state index >= 15 is 0 Å². The Kier molecular flexibility index (Phi) is 6.62. The molecule has 0 aromatic heterocycles. The Morgan fingerprint density at radius 2 is 2.21 bits per heavy atom. The molecule has 130 valence electrons. The molecule has 4 nitrogen and oxygen atoms in total. The van der Waals surface area contributed by atoms with Gasteiger partial charge in [0.15, 0.2) is 6.10 Å². The smallest absolute Gasteiger partial charge is 0.253 e. The number of likely N-dealkylation sites (N-methyl/N-ethyl adjacent to an activating group) is 1. The van der Waals surface area contributed by atoms with Crippen LogP contribution < -0.4 is 5.32 Å². The van der Waals surface area contributed by atoms with Gasteiger partial charge in [0.05, 0.1) is 5.76 Å². The molecule has 2 aliphatic rings. The maximum atomic E-state index is 12.1. The van der Waals surface area contributed by atoms with Crippen LogP contribution in [0.2, 0.25) is 0 Å². The van der Waals surface area contributed by atoms with Crippen molar-refractivity contribution in [3.05, 3.63) is 58.9 Å². The fourth-order valence-electron chi connectivity index (χ4n) is 2.89. The first kappa shape index (κ1) is 18.3. The van der Waals surface area contributed by atoms with Gasteiger partial charge in [-0.2, -0.15) is 0 Å². The number of amides is 1. The van der Waals surface area contributed by atoms with Crippen LogP contribution >= 0.6 is 0 Å². The van der Waals surface area contributed by atoms with Crippen LogP contribution in [0.15, 0.2) is 58.9 Å². The molecular formula is C20H27NO3. The lowest BCUT2D eigenvalue weighted by Crippen LogP contribution is -2.35. The molecule has 0 fully saturated rings. The monoisotopic (exact) mass is 329 g/mol. The highest BCUT2D eigenvalue weighted by Gasteiger charge is 2.24. The molecule has 24 heavy (non-hydrogen) atoms. The highest BCUT2D eigenvalue weighted by atomic mass is 16.5. The van der Waals surface area contributed by atoms with Crippen molar-refractivity contribution >= 4 is 5.91 Å². The Balaban J connectivity index is 2.22. The predicted octanol–water partition coefficient (Wildman–Crippen LogP) is 3.45. The Morgan fingerprint density at radius 3 is 2.92 bits per heavy atom. The second kappa shape index (κ2) is 8.69. The maximum absolute atomic E-state index is 12.1. The van der Waals surface area contributed by atoms with Gasteiger partial charge in [0.1, 0.15) is 6.61 Å². The molecule has 0 heterocycles. The molecule has 1 N–H and O–H groups in total. The van der Waals surface area contributed by atoms with E-state index in [1.165, 1.54) is 5.57 Å². The molecule has 2 atom stereocenters. The first-order valence-electron chi connectivity index (χ1n) is 8.37. The number of allylic oxidation sites excluding steroid dienone is 7. The molecule has 0 saturated carbocycles. The van der Waals surface area contributed by atoms with Gasteiger partial charge in [0.2, 0.25) is 0 Å². The summed E-state index contributed by atoms with van der Waals surface area (Å²) >= 11 is 0. The van der Waals surface area contributed by atoms with Crippen LogP contribution in [0.4, 0.5) is 0 Å². The van der Waals surface area contributed by atoms with Crippen LogP contribution in [0, 0.1) is 5.92 Å². The van der Waals surface area contributed by atoms with Crippen molar-refractivity contribution in [3.63, 3.8) is 0 Å². The molecule has 0 aromatic rings. The summed E-state index contributed by atoms with van der Waals surface area (Å²) in [6, 6.07) is 0. The molecule has 0 radical (unpaired) electrons. The number of hydrogen-bond acceptors (Lipinski definition) is 3. The van der Waals surface area contributed by atoms with Gasteiger partial charge in [0, 0.05) is 20.1 Å². The molecule has 2 rings (SSSR count). The zero-order valence-corrected chi connectivity index (χ0v) is 15.0. The molecule has 2 aliphatic carbocycles. The largest absolute Gasteiger partial charge is 0.493 e. The van der Waals surface area contributed by atoms with Crippen LogP contribution in [0.5, 0.6) is 0 Å². The van der Waals surface area contributed by atoms with Gasteiger partial charge in [0.25, 0.3) is 5.91 Å². The Bertz CT molecular complexity index is 623. The molecule has 0 bridgehead atoms. The van der Waals surface area contributed by atoms with Gasteiger partial charge < -0.3 is 14.8 Å². The van der Waals surface area contributed by atoms with Crippen LogP contribution in [0.1, 0.15) is 26.7 Å². The minimum Gasteiger partial charge on any atom is -0.493 e. The van der Waals surface area contributed by atoms with E-state index in [0.29, 0.717) is 18.9 Å². The lowest BCUT2D eigenvalue weighted by Gasteiger charge is -2.23. The van der Waals surface area contributed by atoms with Crippen molar-refractivity contribution in [1.29, 1.82) is 0 Å². The quantitative estimate of drug-likeness (QED) is 0.812. The average molecular weight is 329 g/mol. The van der Waals surface area contributed by atoms with Gasteiger partial charge in [-0.15, -0.1) is 0 Å². The highest BCUT2D eigenvalue weighted by Crippen LogP contribution is 2.27. The number of carbonyl (C=O) groups is 1. The number of carbonyl (C=O) groups excluding carboxylic acids is 1. The fraction of sp³-hybridized carbons (Fsp3) is 0.450. The van der Waals surface area contributed by atoms with E-state index in [4.69, 9.17) is 9.47 Å². The van der Waals surface area contributed by atoms with E-state index in [2.05, 4.69) is 31.3 Å². The van der Waals surface area contributed by atoms with E-state index in [9.17, 15) is 4.79 Å². The minimum atomic E-state index is -0.597. The third-order valence-electron chi connectivity index (χ3n) is 4.37. The van der Waals surface area contributed by atoms with Crippen molar-refractivity contribution in [2.45, 2.75) is 32.8 Å². The van der Waals surface area contributed by atoms with Gasteiger partial charge in [-0.05, 0) is 37.0 Å². The Labute approximate surface area is 144 Å². The van der Waals surface area contributed by atoms with Gasteiger partial charge in [-0.25, -0.2) is 0 Å². The molecule has 0 saturated heterocycles. The van der Waals surface area contributed by atoms with Crippen molar-refractivity contribution in [1.82, 2.24) is 5.32 Å². The number of ether oxygens (including phenoxy) is 2. The van der Waals surface area contributed by atoms with E-state index < -0.39 is 6.10 Å². The Morgan fingerprint density at radius 1 is 1.42 bits per heavy atom. The number of rotatable bonds is 6. The molecule has 0 spiro atoms. The minimum absolute atomic E-state index is 0.141. The number of nitrogens with one attached hydrogen (secondary N) is 1. The molecule has 0 aliphatic heterocycles. The second-order valence-corrected chi connectivity index (χ2v) is 6.19. The van der Waals surface area contributed by atoms with Crippen LogP contribution in [-0.2, 0) is 14.3 Å². The van der Waals surface area contributed by atoms with E-state index in [1.807, 2.05) is 24.3 Å². The lowest BCUT2D eigenvalue weighted by molar-refractivity contribution is -0.128. The zero-order chi connectivity index (χ0) is 17.5. The molecule has 4 heteroatoms. The second-order valence-electron chi connectivity index (χ2n) is 6.19. The third kappa shape index (κ3) is 4.48. The lowest BCUT2D eigenvalue weighted by atomic mass is 9.96. The first-order valence-corrected chi connectivity index (χ1v) is 8.37. The van der Waals surface area contributed by atoms with Crippen molar-refractivity contribution in [2.24, 2.45) is 5.92 Å². The predicted molar refractivity (Wildman–Crippen MR) is 96.4 cm³/mol. The summed E-state index contributed by atoms with van der Waals surface area (Å²) in [6.07, 6.45) is 13.4. The SMILES string of the molecule is CNC(=O)C(OC)C1=C(COC2=CC(C)=CCC2C)C=CC=CC1. The molecular weight excluding hydrogens is 302 g/mol. The highest BCUT2D eigenvalue weighted by molar-refractivity contribution is 5.84. The van der Waals surface area contributed by atoms with Crippen LogP contribution in [0.25, 0.3) is 0 Å². The van der Waals surface area contributed by atoms with E-state index in [1.54, 1.807) is 14.2 Å². The summed E-state index contributed by atoms with van der Waals surface area (Å²) in [5.41, 5.74) is 3.17. The van der Waals surface area contributed by atoms with Crippen molar-refractivity contribution < 1.29 is 14.3 Å². The summed E-state index contributed by atoms with van der Waals surface area (Å²) in [5.74, 6) is 1.24. The molecule has 1 amide bonds. The number of hydrogen-bond donors (Lipinski definition) is 1. The van der Waals surface area contributed by atoms with Gasteiger partial charge in [-0.1, -0.05) is 42.9 Å². The summed E-state index contributed by atoms with van der Waals surface area (Å²) in [4.78, 5) is 12.1. The number of methoxy groups -OCH3 is 1. The summed E-state index contributed by atoms with van der Waals surface area (Å²) in [5, 5.41) is 2.67. The topological polar surface area (TPSA) is 47.6 Å². The molecule has 2 unspecified atom stereocenters. The summed E-state index contributed by atoms with van der Waals surface area (Å²) < 4.78 is 11.5. The van der Waals surface area contributed by atoms with E-state index in [0.717, 1.165) is 23.3 Å². The fourth-order valence-corrected chi connectivity index (χ4v) is 2.89.